The van der Waals surface area contributed by atoms with Crippen molar-refractivity contribution in [2.75, 3.05) is 0 Å². The first-order chi connectivity index (χ1) is 9.13. The van der Waals surface area contributed by atoms with Gasteiger partial charge in [0.25, 0.3) is 0 Å². The first-order valence-corrected chi connectivity index (χ1v) is 6.44. The molecule has 5 nitrogen and oxygen atoms in total. The van der Waals surface area contributed by atoms with Gasteiger partial charge in [0.2, 0.25) is 0 Å². The van der Waals surface area contributed by atoms with Crippen LogP contribution < -0.4 is 0 Å². The van der Waals surface area contributed by atoms with Crippen LogP contribution in [0.5, 0.6) is 0 Å². The van der Waals surface area contributed by atoms with Gasteiger partial charge in [-0.1, -0.05) is 11.6 Å². The van der Waals surface area contributed by atoms with Crippen LogP contribution in [0.4, 0.5) is 0 Å². The second kappa shape index (κ2) is 4.66. The summed E-state index contributed by atoms with van der Waals surface area (Å²) in [5.74, 6) is 0.248. The number of fused-ring (bicyclic) bond motifs is 1. The highest BCUT2D eigenvalue weighted by atomic mass is 35.5. The van der Waals surface area contributed by atoms with Crippen molar-refractivity contribution in [1.82, 2.24) is 14.8 Å². The van der Waals surface area contributed by atoms with Crippen LogP contribution in [0.15, 0.2) is 24.3 Å². The van der Waals surface area contributed by atoms with Crippen molar-refractivity contribution in [2.24, 2.45) is 5.92 Å². The van der Waals surface area contributed by atoms with Gasteiger partial charge in [-0.25, -0.2) is 9.67 Å². The lowest BCUT2D eigenvalue weighted by atomic mass is 9.98. The third kappa shape index (κ3) is 2.33. The van der Waals surface area contributed by atoms with Crippen molar-refractivity contribution in [3.05, 3.63) is 35.1 Å². The summed E-state index contributed by atoms with van der Waals surface area (Å²) in [5, 5.41) is 14.1. The zero-order valence-electron chi connectivity index (χ0n) is 10.1. The first kappa shape index (κ1) is 12.2. The number of benzene rings is 1. The minimum atomic E-state index is -0.762. The summed E-state index contributed by atoms with van der Waals surface area (Å²) >= 11 is 5.84. The van der Waals surface area contributed by atoms with Crippen LogP contribution in [0.1, 0.15) is 12.2 Å². The van der Waals surface area contributed by atoms with Crippen molar-refractivity contribution in [1.29, 1.82) is 0 Å². The number of aromatic nitrogens is 3. The van der Waals surface area contributed by atoms with E-state index in [-0.39, 0.29) is 5.92 Å². The number of carboxylic acid groups (broad SMARTS) is 1. The van der Waals surface area contributed by atoms with Crippen LogP contribution in [0.25, 0.3) is 11.4 Å². The highest BCUT2D eigenvalue weighted by molar-refractivity contribution is 6.30. The van der Waals surface area contributed by atoms with E-state index in [0.717, 1.165) is 11.4 Å². The van der Waals surface area contributed by atoms with Gasteiger partial charge < -0.3 is 5.11 Å². The fourth-order valence-corrected chi connectivity index (χ4v) is 2.36. The second-order valence-electron chi connectivity index (χ2n) is 4.61. The molecular formula is C13H12ClN3O2. The first-order valence-electron chi connectivity index (χ1n) is 6.06. The monoisotopic (exact) mass is 277 g/mol. The predicted octanol–water partition coefficient (Wildman–Crippen LogP) is 2.25. The third-order valence-corrected chi connectivity index (χ3v) is 3.57. The van der Waals surface area contributed by atoms with Gasteiger partial charge in [-0.3, -0.25) is 4.79 Å². The number of carboxylic acids is 1. The van der Waals surface area contributed by atoms with Crippen molar-refractivity contribution < 1.29 is 9.90 Å². The smallest absolute Gasteiger partial charge is 0.307 e. The SMILES string of the molecule is O=C(O)C1CCn2nc(-c3ccc(Cl)cc3)nc2C1. The van der Waals surface area contributed by atoms with Gasteiger partial charge in [-0.15, -0.1) is 0 Å². The number of hydrogen-bond acceptors (Lipinski definition) is 3. The van der Waals surface area contributed by atoms with Crippen LogP contribution in [0, 0.1) is 5.92 Å². The number of aryl methyl sites for hydroxylation is 1. The summed E-state index contributed by atoms with van der Waals surface area (Å²) < 4.78 is 1.80. The van der Waals surface area contributed by atoms with Crippen LogP contribution in [-0.4, -0.2) is 25.8 Å². The van der Waals surface area contributed by atoms with E-state index in [1.165, 1.54) is 0 Å². The quantitative estimate of drug-likeness (QED) is 0.914. The summed E-state index contributed by atoms with van der Waals surface area (Å²) in [6.45, 7) is 0.604. The Balaban J connectivity index is 1.91. The van der Waals surface area contributed by atoms with Gasteiger partial charge in [0.05, 0.1) is 5.92 Å². The van der Waals surface area contributed by atoms with Crippen molar-refractivity contribution in [2.45, 2.75) is 19.4 Å². The van der Waals surface area contributed by atoms with E-state index < -0.39 is 5.97 Å². The molecule has 0 radical (unpaired) electrons. The Kier molecular flexibility index (Phi) is 2.98. The van der Waals surface area contributed by atoms with Crippen LogP contribution in [0.3, 0.4) is 0 Å². The summed E-state index contributed by atoms with van der Waals surface area (Å²) in [6.07, 6.45) is 1.04. The number of nitrogens with zero attached hydrogens (tertiary/aromatic N) is 3. The van der Waals surface area contributed by atoms with Gasteiger partial charge >= 0.3 is 5.97 Å². The Bertz CT molecular complexity index is 621. The minimum absolute atomic E-state index is 0.352. The Hall–Kier alpha value is -1.88. The maximum absolute atomic E-state index is 11.0. The molecule has 0 spiro atoms. The highest BCUT2D eigenvalue weighted by Gasteiger charge is 2.26. The predicted molar refractivity (Wildman–Crippen MR) is 69.9 cm³/mol. The number of aliphatic carboxylic acids is 1. The Labute approximate surface area is 114 Å². The summed E-state index contributed by atoms with van der Waals surface area (Å²) in [5.41, 5.74) is 0.887. The summed E-state index contributed by atoms with van der Waals surface area (Å²) in [6, 6.07) is 7.30. The number of rotatable bonds is 2. The zero-order chi connectivity index (χ0) is 13.4. The maximum Gasteiger partial charge on any atom is 0.307 e. The average Bonchev–Trinajstić information content (AvgIpc) is 2.82. The standard InChI is InChI=1S/C13H12ClN3O2/c14-10-3-1-8(2-4-10)12-15-11-7-9(13(18)19)5-6-17(11)16-12/h1-4,9H,5-7H2,(H,18,19). The van der Waals surface area contributed by atoms with Crippen LogP contribution in [-0.2, 0) is 17.8 Å². The summed E-state index contributed by atoms with van der Waals surface area (Å²) in [7, 11) is 0. The molecule has 6 heteroatoms. The normalized spacial score (nSPS) is 18.1. The molecule has 0 amide bonds. The van der Waals surface area contributed by atoms with E-state index in [1.54, 1.807) is 16.8 Å². The Morgan fingerprint density at radius 2 is 2.11 bits per heavy atom. The lowest BCUT2D eigenvalue weighted by Gasteiger charge is -2.17. The molecule has 1 aromatic carbocycles. The molecule has 2 aromatic rings. The molecule has 0 saturated heterocycles. The molecule has 1 atom stereocenters. The van der Waals surface area contributed by atoms with E-state index in [1.807, 2.05) is 12.1 Å². The van der Waals surface area contributed by atoms with E-state index in [2.05, 4.69) is 10.1 Å². The molecule has 0 aliphatic carbocycles. The number of halogens is 1. The van der Waals surface area contributed by atoms with E-state index >= 15 is 0 Å². The fraction of sp³-hybridized carbons (Fsp3) is 0.308. The van der Waals surface area contributed by atoms with Crippen LogP contribution in [0.2, 0.25) is 5.02 Å². The molecular weight excluding hydrogens is 266 g/mol. The van der Waals surface area contributed by atoms with Gasteiger partial charge in [0, 0.05) is 23.6 Å². The molecule has 1 aliphatic rings. The molecule has 2 heterocycles. The second-order valence-corrected chi connectivity index (χ2v) is 5.05. The largest absolute Gasteiger partial charge is 0.481 e. The fourth-order valence-electron chi connectivity index (χ4n) is 2.24. The molecule has 3 rings (SSSR count). The molecule has 0 fully saturated rings. The third-order valence-electron chi connectivity index (χ3n) is 3.32. The Morgan fingerprint density at radius 3 is 2.79 bits per heavy atom. The molecule has 0 bridgehead atoms. The molecule has 0 saturated carbocycles. The zero-order valence-corrected chi connectivity index (χ0v) is 10.8. The van der Waals surface area contributed by atoms with E-state index in [9.17, 15) is 4.79 Å². The number of hydrogen-bond donors (Lipinski definition) is 1. The molecule has 1 aliphatic heterocycles. The molecule has 1 aromatic heterocycles. The average molecular weight is 278 g/mol. The van der Waals surface area contributed by atoms with Crippen molar-refractivity contribution in [3.63, 3.8) is 0 Å². The van der Waals surface area contributed by atoms with Gasteiger partial charge in [-0.05, 0) is 30.7 Å². The highest BCUT2D eigenvalue weighted by Crippen LogP contribution is 2.23. The topological polar surface area (TPSA) is 68.0 Å². The Morgan fingerprint density at radius 1 is 1.37 bits per heavy atom. The van der Waals surface area contributed by atoms with Crippen LogP contribution >= 0.6 is 11.6 Å². The maximum atomic E-state index is 11.0. The lowest BCUT2D eigenvalue weighted by Crippen LogP contribution is -2.26. The van der Waals surface area contributed by atoms with Gasteiger partial charge in [0.1, 0.15) is 5.82 Å². The molecule has 1 N–H and O–H groups in total. The van der Waals surface area contributed by atoms with Crippen molar-refractivity contribution in [3.8, 4) is 11.4 Å². The molecule has 19 heavy (non-hydrogen) atoms. The molecule has 98 valence electrons. The van der Waals surface area contributed by atoms with Gasteiger partial charge in [-0.2, -0.15) is 5.10 Å². The number of carbonyl (C=O) groups is 1. The van der Waals surface area contributed by atoms with E-state index in [4.69, 9.17) is 16.7 Å². The lowest BCUT2D eigenvalue weighted by molar-refractivity contribution is -0.142. The minimum Gasteiger partial charge on any atom is -0.481 e. The van der Waals surface area contributed by atoms with Crippen molar-refractivity contribution >= 4 is 17.6 Å². The summed E-state index contributed by atoms with van der Waals surface area (Å²) in [4.78, 5) is 15.4. The van der Waals surface area contributed by atoms with E-state index in [0.29, 0.717) is 30.2 Å². The molecule has 1 unspecified atom stereocenters. The van der Waals surface area contributed by atoms with Gasteiger partial charge in [0.15, 0.2) is 5.82 Å².